The van der Waals surface area contributed by atoms with E-state index in [1.54, 1.807) is 19.1 Å². The molecule has 1 unspecified atom stereocenters. The van der Waals surface area contributed by atoms with E-state index in [0.29, 0.717) is 17.5 Å². The first kappa shape index (κ1) is 16.1. The number of hydrogen-bond acceptors (Lipinski definition) is 3. The zero-order chi connectivity index (χ0) is 15.6. The largest absolute Gasteiger partial charge is 0.271 e. The molecule has 0 aliphatic heterocycles. The Bertz CT molecular complexity index is 639. The summed E-state index contributed by atoms with van der Waals surface area (Å²) in [5.74, 6) is 5.45. The summed E-state index contributed by atoms with van der Waals surface area (Å²) in [6, 6.07) is 5.06. The zero-order valence-corrected chi connectivity index (χ0v) is 14.0. The number of nitrogens with zero attached hydrogens (tertiary/aromatic N) is 2. The third-order valence-electron chi connectivity index (χ3n) is 3.65. The topological polar surface area (TPSA) is 55.9 Å². The van der Waals surface area contributed by atoms with Crippen LogP contribution in [0.4, 0.5) is 4.39 Å². The van der Waals surface area contributed by atoms with Crippen LogP contribution in [0.2, 0.25) is 0 Å². The molecule has 3 N–H and O–H groups in total. The second kappa shape index (κ2) is 6.68. The second-order valence-corrected chi connectivity index (χ2v) is 5.86. The van der Waals surface area contributed by atoms with Gasteiger partial charge in [-0.3, -0.25) is 16.0 Å². The summed E-state index contributed by atoms with van der Waals surface area (Å²) in [5.41, 5.74) is 5.85. The van der Waals surface area contributed by atoms with Crippen LogP contribution < -0.4 is 11.3 Å². The highest BCUT2D eigenvalue weighted by atomic mass is 79.9. The summed E-state index contributed by atoms with van der Waals surface area (Å²) in [4.78, 5) is 0. The van der Waals surface area contributed by atoms with Gasteiger partial charge in [0, 0.05) is 18.5 Å². The lowest BCUT2D eigenvalue weighted by Crippen LogP contribution is -2.31. The third-order valence-corrected chi connectivity index (χ3v) is 4.68. The molecule has 2 aromatic rings. The van der Waals surface area contributed by atoms with Crippen molar-refractivity contribution >= 4 is 15.9 Å². The minimum absolute atomic E-state index is 0.212. The molecule has 6 heteroatoms. The standard InChI is InChI=1S/C15H20BrFN4/c1-4-21-13(14(16)10(3)20-21)8-12(19-18)11-7-5-6-9(2)15(11)17/h5-7,12,19H,4,8,18H2,1-3H3. The average Bonchev–Trinajstić information content (AvgIpc) is 2.75. The van der Waals surface area contributed by atoms with Crippen molar-refractivity contribution in [3.63, 3.8) is 0 Å². The number of hydrogen-bond donors (Lipinski definition) is 2. The molecule has 0 aliphatic rings. The van der Waals surface area contributed by atoms with Gasteiger partial charge in [0.15, 0.2) is 0 Å². The number of hydrazine groups is 1. The van der Waals surface area contributed by atoms with Gasteiger partial charge in [0.25, 0.3) is 0 Å². The van der Waals surface area contributed by atoms with E-state index in [2.05, 4.69) is 26.5 Å². The number of benzene rings is 1. The Morgan fingerprint density at radius 3 is 2.76 bits per heavy atom. The van der Waals surface area contributed by atoms with Crippen molar-refractivity contribution in [2.24, 2.45) is 5.84 Å². The molecule has 4 nitrogen and oxygen atoms in total. The van der Waals surface area contributed by atoms with E-state index < -0.39 is 0 Å². The van der Waals surface area contributed by atoms with Gasteiger partial charge in [-0.1, -0.05) is 18.2 Å². The summed E-state index contributed by atoms with van der Waals surface area (Å²) in [6.45, 7) is 6.48. The smallest absolute Gasteiger partial charge is 0.130 e. The Morgan fingerprint density at radius 2 is 2.14 bits per heavy atom. The van der Waals surface area contributed by atoms with Crippen LogP contribution in [-0.2, 0) is 13.0 Å². The minimum atomic E-state index is -0.303. The summed E-state index contributed by atoms with van der Waals surface area (Å²) >= 11 is 3.56. The molecule has 0 bridgehead atoms. The zero-order valence-electron chi connectivity index (χ0n) is 12.5. The average molecular weight is 355 g/mol. The van der Waals surface area contributed by atoms with Gasteiger partial charge in [-0.15, -0.1) is 0 Å². The fourth-order valence-electron chi connectivity index (χ4n) is 2.46. The maximum absolute atomic E-state index is 14.3. The predicted molar refractivity (Wildman–Crippen MR) is 85.2 cm³/mol. The van der Waals surface area contributed by atoms with Gasteiger partial charge in [0.05, 0.1) is 21.9 Å². The van der Waals surface area contributed by atoms with E-state index in [1.165, 1.54) is 0 Å². The summed E-state index contributed by atoms with van der Waals surface area (Å²) in [5, 5.41) is 4.46. The van der Waals surface area contributed by atoms with Gasteiger partial charge in [0.2, 0.25) is 0 Å². The van der Waals surface area contributed by atoms with E-state index in [4.69, 9.17) is 5.84 Å². The molecule has 114 valence electrons. The highest BCUT2D eigenvalue weighted by Crippen LogP contribution is 2.28. The van der Waals surface area contributed by atoms with Gasteiger partial charge in [-0.2, -0.15) is 5.10 Å². The molecule has 1 atom stereocenters. The van der Waals surface area contributed by atoms with Crippen molar-refractivity contribution in [3.8, 4) is 0 Å². The number of rotatable bonds is 5. The van der Waals surface area contributed by atoms with Crippen LogP contribution in [0.25, 0.3) is 0 Å². The fraction of sp³-hybridized carbons (Fsp3) is 0.400. The molecule has 0 amide bonds. The van der Waals surface area contributed by atoms with Crippen LogP contribution in [0.3, 0.4) is 0 Å². The predicted octanol–water partition coefficient (Wildman–Crippen LogP) is 3.17. The van der Waals surface area contributed by atoms with Crippen molar-refractivity contribution in [1.82, 2.24) is 15.2 Å². The van der Waals surface area contributed by atoms with Crippen LogP contribution >= 0.6 is 15.9 Å². The van der Waals surface area contributed by atoms with Gasteiger partial charge in [-0.25, -0.2) is 4.39 Å². The quantitative estimate of drug-likeness (QED) is 0.640. The first-order chi connectivity index (χ1) is 9.99. The minimum Gasteiger partial charge on any atom is -0.271 e. The Labute approximate surface area is 132 Å². The molecule has 0 aliphatic carbocycles. The summed E-state index contributed by atoms with van der Waals surface area (Å²) in [6.07, 6.45) is 0.562. The van der Waals surface area contributed by atoms with Gasteiger partial charge < -0.3 is 0 Å². The van der Waals surface area contributed by atoms with Crippen molar-refractivity contribution in [2.75, 3.05) is 0 Å². The highest BCUT2D eigenvalue weighted by molar-refractivity contribution is 9.10. The van der Waals surface area contributed by atoms with E-state index >= 15 is 0 Å². The van der Waals surface area contributed by atoms with Crippen LogP contribution in [-0.4, -0.2) is 9.78 Å². The van der Waals surface area contributed by atoms with Crippen molar-refractivity contribution < 1.29 is 4.39 Å². The van der Waals surface area contributed by atoms with E-state index in [-0.39, 0.29) is 11.9 Å². The molecule has 1 aromatic heterocycles. The molecule has 2 rings (SSSR count). The monoisotopic (exact) mass is 354 g/mol. The van der Waals surface area contributed by atoms with Crippen molar-refractivity contribution in [3.05, 3.63) is 51.0 Å². The third kappa shape index (κ3) is 3.17. The number of aryl methyl sites for hydroxylation is 3. The lowest BCUT2D eigenvalue weighted by molar-refractivity contribution is 0.487. The molecule has 21 heavy (non-hydrogen) atoms. The van der Waals surface area contributed by atoms with E-state index in [1.807, 2.05) is 24.6 Å². The SMILES string of the molecule is CCn1nc(C)c(Br)c1CC(NN)c1cccc(C)c1F. The lowest BCUT2D eigenvalue weighted by atomic mass is 9.99. The van der Waals surface area contributed by atoms with Gasteiger partial charge in [0.1, 0.15) is 5.82 Å². The highest BCUT2D eigenvalue weighted by Gasteiger charge is 2.21. The molecule has 1 aromatic carbocycles. The number of aromatic nitrogens is 2. The van der Waals surface area contributed by atoms with Crippen molar-refractivity contribution in [1.29, 1.82) is 0 Å². The molecular weight excluding hydrogens is 335 g/mol. The first-order valence-electron chi connectivity index (χ1n) is 6.92. The molecule has 0 saturated carbocycles. The van der Waals surface area contributed by atoms with Crippen LogP contribution in [0.15, 0.2) is 22.7 Å². The lowest BCUT2D eigenvalue weighted by Gasteiger charge is -2.18. The molecular formula is C15H20BrFN4. The number of nitrogens with two attached hydrogens (primary N) is 1. The Morgan fingerprint density at radius 1 is 1.43 bits per heavy atom. The molecule has 0 radical (unpaired) electrons. The van der Waals surface area contributed by atoms with Crippen molar-refractivity contribution in [2.45, 2.75) is 39.8 Å². The van der Waals surface area contributed by atoms with E-state index in [0.717, 1.165) is 22.4 Å². The Kier molecular flexibility index (Phi) is 5.13. The number of halogens is 2. The first-order valence-corrected chi connectivity index (χ1v) is 7.71. The van der Waals surface area contributed by atoms with Crippen LogP contribution in [0.5, 0.6) is 0 Å². The Balaban J connectivity index is 2.38. The fourth-order valence-corrected chi connectivity index (χ4v) is 2.90. The summed E-state index contributed by atoms with van der Waals surface area (Å²) in [7, 11) is 0. The van der Waals surface area contributed by atoms with E-state index in [9.17, 15) is 4.39 Å². The van der Waals surface area contributed by atoms with Crippen LogP contribution in [0, 0.1) is 19.7 Å². The maximum Gasteiger partial charge on any atom is 0.130 e. The molecule has 0 saturated heterocycles. The van der Waals surface area contributed by atoms with Gasteiger partial charge >= 0.3 is 0 Å². The van der Waals surface area contributed by atoms with Gasteiger partial charge in [-0.05, 0) is 42.3 Å². The molecule has 0 spiro atoms. The molecule has 1 heterocycles. The number of nitrogens with one attached hydrogen (secondary N) is 1. The molecule has 0 fully saturated rings. The second-order valence-electron chi connectivity index (χ2n) is 5.06. The normalized spacial score (nSPS) is 12.7. The Hall–Kier alpha value is -1.24. The van der Waals surface area contributed by atoms with Crippen LogP contribution in [0.1, 0.15) is 35.5 Å². The maximum atomic E-state index is 14.3. The summed E-state index contributed by atoms with van der Waals surface area (Å²) < 4.78 is 17.2.